The van der Waals surface area contributed by atoms with Crippen molar-refractivity contribution in [3.05, 3.63) is 30.3 Å². The number of benzene rings is 1. The third-order valence-corrected chi connectivity index (χ3v) is 3.27. The van der Waals surface area contributed by atoms with Crippen molar-refractivity contribution in [3.63, 3.8) is 0 Å². The number of anilines is 1. The summed E-state index contributed by atoms with van der Waals surface area (Å²) in [5.74, 6) is -0.149. The van der Waals surface area contributed by atoms with Crippen LogP contribution in [0.2, 0.25) is 0 Å². The fourth-order valence-electron chi connectivity index (χ4n) is 2.03. The van der Waals surface area contributed by atoms with Gasteiger partial charge in [0.25, 0.3) is 0 Å². The average Bonchev–Trinajstić information content (AvgIpc) is 2.48. The molecule has 6 nitrogen and oxygen atoms in total. The van der Waals surface area contributed by atoms with Crippen molar-refractivity contribution >= 4 is 17.5 Å². The van der Waals surface area contributed by atoms with Gasteiger partial charge in [0.2, 0.25) is 11.8 Å². The van der Waals surface area contributed by atoms with Gasteiger partial charge < -0.3 is 15.5 Å². The highest BCUT2D eigenvalue weighted by atomic mass is 16.2. The SMILES string of the molecule is CN(CCNC(=O)C1CNC(=O)CN1)c1ccccc1. The molecule has 1 aliphatic rings. The molecular formula is C14H20N4O2. The number of nitrogens with one attached hydrogen (secondary N) is 3. The lowest BCUT2D eigenvalue weighted by Crippen LogP contribution is -2.58. The average molecular weight is 276 g/mol. The third-order valence-electron chi connectivity index (χ3n) is 3.27. The lowest BCUT2D eigenvalue weighted by Gasteiger charge is -2.24. The van der Waals surface area contributed by atoms with E-state index < -0.39 is 0 Å². The number of para-hydroxylation sites is 1. The van der Waals surface area contributed by atoms with Gasteiger partial charge in [0.05, 0.1) is 6.54 Å². The molecule has 1 atom stereocenters. The Hall–Kier alpha value is -2.08. The fraction of sp³-hybridized carbons (Fsp3) is 0.429. The summed E-state index contributed by atoms with van der Waals surface area (Å²) in [6, 6.07) is 9.66. The molecule has 2 amide bonds. The molecule has 0 aromatic heterocycles. The Bertz CT molecular complexity index is 454. The molecule has 2 rings (SSSR count). The zero-order valence-corrected chi connectivity index (χ0v) is 11.6. The monoisotopic (exact) mass is 276 g/mol. The summed E-state index contributed by atoms with van der Waals surface area (Å²) < 4.78 is 0. The molecule has 1 aromatic rings. The summed E-state index contributed by atoms with van der Waals surface area (Å²) in [4.78, 5) is 24.9. The number of likely N-dealkylation sites (N-methyl/N-ethyl adjacent to an activating group) is 1. The highest BCUT2D eigenvalue weighted by Gasteiger charge is 2.23. The molecule has 3 N–H and O–H groups in total. The summed E-state index contributed by atoms with van der Waals surface area (Å²) in [5, 5.41) is 8.44. The van der Waals surface area contributed by atoms with Gasteiger partial charge in [-0.05, 0) is 12.1 Å². The maximum atomic E-state index is 11.9. The summed E-state index contributed by atoms with van der Waals surface area (Å²) in [6.45, 7) is 1.84. The molecule has 108 valence electrons. The minimum Gasteiger partial charge on any atom is -0.373 e. The molecule has 1 aromatic carbocycles. The molecule has 6 heteroatoms. The Morgan fingerprint density at radius 2 is 2.15 bits per heavy atom. The molecule has 0 bridgehead atoms. The van der Waals surface area contributed by atoms with E-state index in [1.807, 2.05) is 37.4 Å². The lowest BCUT2D eigenvalue weighted by molar-refractivity contribution is -0.126. The van der Waals surface area contributed by atoms with Crippen molar-refractivity contribution in [2.45, 2.75) is 6.04 Å². The van der Waals surface area contributed by atoms with E-state index in [1.165, 1.54) is 0 Å². The van der Waals surface area contributed by atoms with Gasteiger partial charge in [-0.15, -0.1) is 0 Å². The zero-order valence-electron chi connectivity index (χ0n) is 11.6. The van der Waals surface area contributed by atoms with E-state index in [-0.39, 0.29) is 24.4 Å². The second kappa shape index (κ2) is 6.91. The van der Waals surface area contributed by atoms with Crippen molar-refractivity contribution in [2.24, 2.45) is 0 Å². The van der Waals surface area contributed by atoms with Gasteiger partial charge in [0.1, 0.15) is 6.04 Å². The van der Waals surface area contributed by atoms with Gasteiger partial charge in [0, 0.05) is 32.4 Å². The van der Waals surface area contributed by atoms with Crippen molar-refractivity contribution < 1.29 is 9.59 Å². The first-order valence-electron chi connectivity index (χ1n) is 6.71. The second-order valence-electron chi connectivity index (χ2n) is 4.79. The van der Waals surface area contributed by atoms with Crippen LogP contribution in [0.25, 0.3) is 0 Å². The van der Waals surface area contributed by atoms with E-state index in [0.717, 1.165) is 12.2 Å². The van der Waals surface area contributed by atoms with Crippen LogP contribution < -0.4 is 20.9 Å². The first kappa shape index (κ1) is 14.3. The van der Waals surface area contributed by atoms with Gasteiger partial charge in [-0.3, -0.25) is 14.9 Å². The zero-order chi connectivity index (χ0) is 14.4. The Morgan fingerprint density at radius 3 is 2.80 bits per heavy atom. The Balaban J connectivity index is 1.70. The van der Waals surface area contributed by atoms with E-state index in [4.69, 9.17) is 0 Å². The van der Waals surface area contributed by atoms with Crippen molar-refractivity contribution in [1.82, 2.24) is 16.0 Å². The molecule has 20 heavy (non-hydrogen) atoms. The Morgan fingerprint density at radius 1 is 1.40 bits per heavy atom. The molecule has 0 aliphatic carbocycles. The van der Waals surface area contributed by atoms with Crippen LogP contribution in [0.5, 0.6) is 0 Å². The van der Waals surface area contributed by atoms with Crippen LogP contribution in [0.1, 0.15) is 0 Å². The van der Waals surface area contributed by atoms with E-state index in [0.29, 0.717) is 13.1 Å². The van der Waals surface area contributed by atoms with E-state index in [2.05, 4.69) is 20.9 Å². The van der Waals surface area contributed by atoms with Crippen molar-refractivity contribution in [2.75, 3.05) is 38.1 Å². The number of carbonyl (C=O) groups excluding carboxylic acids is 2. The van der Waals surface area contributed by atoms with E-state index in [1.54, 1.807) is 0 Å². The van der Waals surface area contributed by atoms with Gasteiger partial charge in [-0.2, -0.15) is 0 Å². The smallest absolute Gasteiger partial charge is 0.239 e. The van der Waals surface area contributed by atoms with Crippen LogP contribution in [0.4, 0.5) is 5.69 Å². The molecule has 0 saturated carbocycles. The molecule has 1 heterocycles. The van der Waals surface area contributed by atoms with Crippen molar-refractivity contribution in [1.29, 1.82) is 0 Å². The van der Waals surface area contributed by atoms with Crippen molar-refractivity contribution in [3.8, 4) is 0 Å². The van der Waals surface area contributed by atoms with E-state index >= 15 is 0 Å². The number of rotatable bonds is 5. The van der Waals surface area contributed by atoms with Crippen LogP contribution in [0.3, 0.4) is 0 Å². The largest absolute Gasteiger partial charge is 0.373 e. The molecule has 0 radical (unpaired) electrons. The predicted octanol–water partition coefficient (Wildman–Crippen LogP) is -0.673. The number of amides is 2. The molecule has 0 spiro atoms. The number of carbonyl (C=O) groups is 2. The number of nitrogens with zero attached hydrogens (tertiary/aromatic N) is 1. The summed E-state index contributed by atoms with van der Waals surface area (Å²) >= 11 is 0. The highest BCUT2D eigenvalue weighted by molar-refractivity contribution is 5.86. The quantitative estimate of drug-likeness (QED) is 0.667. The number of piperazine rings is 1. The minimum atomic E-state index is -0.338. The second-order valence-corrected chi connectivity index (χ2v) is 4.79. The van der Waals surface area contributed by atoms with Crippen LogP contribution in [0.15, 0.2) is 30.3 Å². The minimum absolute atomic E-state index is 0.0714. The normalized spacial score (nSPS) is 18.2. The maximum Gasteiger partial charge on any atom is 0.239 e. The Labute approximate surface area is 118 Å². The molecule has 1 aliphatic heterocycles. The van der Waals surface area contributed by atoms with Crippen LogP contribution in [-0.2, 0) is 9.59 Å². The van der Waals surface area contributed by atoms with Gasteiger partial charge in [0.15, 0.2) is 0 Å². The Kier molecular flexibility index (Phi) is 4.95. The molecule has 1 saturated heterocycles. The lowest BCUT2D eigenvalue weighted by atomic mass is 10.2. The third kappa shape index (κ3) is 3.96. The number of hydrogen-bond donors (Lipinski definition) is 3. The first-order chi connectivity index (χ1) is 9.66. The molecule has 1 unspecified atom stereocenters. The maximum absolute atomic E-state index is 11.9. The summed E-state index contributed by atoms with van der Waals surface area (Å²) in [7, 11) is 1.99. The highest BCUT2D eigenvalue weighted by Crippen LogP contribution is 2.09. The number of hydrogen-bond acceptors (Lipinski definition) is 4. The summed E-state index contributed by atoms with van der Waals surface area (Å²) in [5.41, 5.74) is 1.12. The summed E-state index contributed by atoms with van der Waals surface area (Å²) in [6.07, 6.45) is 0. The molecule has 1 fully saturated rings. The van der Waals surface area contributed by atoms with Crippen LogP contribution in [0, 0.1) is 0 Å². The van der Waals surface area contributed by atoms with Gasteiger partial charge in [-0.25, -0.2) is 0 Å². The topological polar surface area (TPSA) is 73.5 Å². The first-order valence-corrected chi connectivity index (χ1v) is 6.71. The standard InChI is InChI=1S/C14H20N4O2/c1-18(11-5-3-2-4-6-11)8-7-15-14(20)12-9-17-13(19)10-16-12/h2-6,12,16H,7-10H2,1H3,(H,15,20)(H,17,19). The van der Waals surface area contributed by atoms with Crippen LogP contribution in [-0.4, -0.2) is 51.1 Å². The van der Waals surface area contributed by atoms with E-state index in [9.17, 15) is 9.59 Å². The van der Waals surface area contributed by atoms with Gasteiger partial charge in [-0.1, -0.05) is 18.2 Å². The fourth-order valence-corrected chi connectivity index (χ4v) is 2.03. The van der Waals surface area contributed by atoms with Crippen LogP contribution >= 0.6 is 0 Å². The van der Waals surface area contributed by atoms with Gasteiger partial charge >= 0.3 is 0 Å². The molecular weight excluding hydrogens is 256 g/mol. The predicted molar refractivity (Wildman–Crippen MR) is 77.5 cm³/mol.